The van der Waals surface area contributed by atoms with E-state index >= 15 is 0 Å². The molecule has 13 heteroatoms. The Morgan fingerprint density at radius 2 is 1.92 bits per heavy atom. The number of aromatic nitrogens is 3. The minimum atomic E-state index is -0.619. The third-order valence-corrected chi connectivity index (χ3v) is 8.17. The van der Waals surface area contributed by atoms with Crippen LogP contribution in [0, 0.1) is 17.0 Å². The molecule has 0 aliphatic carbocycles. The molecule has 1 amide bonds. The monoisotopic (exact) mass is 673 g/mol. The van der Waals surface area contributed by atoms with Crippen LogP contribution >= 0.6 is 0 Å². The van der Waals surface area contributed by atoms with Gasteiger partial charge in [-0.25, -0.2) is 19.6 Å². The predicted molar refractivity (Wildman–Crippen MR) is 192 cm³/mol. The lowest BCUT2D eigenvalue weighted by molar-refractivity contribution is -0.384. The number of anilines is 3. The number of likely N-dealkylation sites (tertiary alicyclic amines) is 1. The molecule has 0 radical (unpaired) electrons. The van der Waals surface area contributed by atoms with Gasteiger partial charge in [-0.1, -0.05) is 25.6 Å². The van der Waals surface area contributed by atoms with Crippen molar-refractivity contribution in [3.63, 3.8) is 0 Å². The molecular weight excluding hydrogens is 626 g/mol. The largest absolute Gasteiger partial charge is 0.459 e. The molecule has 1 fully saturated rings. The van der Waals surface area contributed by atoms with Crippen LogP contribution < -0.4 is 10.2 Å². The quantitative estimate of drug-likeness (QED) is 0.107. The standard InChI is InChI=1S/C35H43N7O6.CH4/c1-21(2)47-32(43)25-18-36-33(38-31(25)26-20-40(8)28-14-10-9-13-24(26)28)37-27-17-30(42(45)46)29(16-22(27)3)39(7)19-23-12-11-15-41(23)34(44)48-35(4,5)6;/h9-10,13-14,16-18,20-21,23H,11-12,15,19H2,1-8H3,(H,36,37,38);1H4/t23-;/m1./s1. The second-order valence-electron chi connectivity index (χ2n) is 13.5. The Morgan fingerprint density at radius 1 is 1.20 bits per heavy atom. The number of nitro groups is 1. The predicted octanol–water partition coefficient (Wildman–Crippen LogP) is 7.63. The summed E-state index contributed by atoms with van der Waals surface area (Å²) in [5.41, 5.74) is 3.12. The summed E-state index contributed by atoms with van der Waals surface area (Å²) in [6.45, 7) is 11.8. The fraction of sp³-hybridized carbons (Fsp3) is 0.444. The molecule has 0 spiro atoms. The van der Waals surface area contributed by atoms with Gasteiger partial charge >= 0.3 is 12.1 Å². The zero-order chi connectivity index (χ0) is 34.9. The van der Waals surface area contributed by atoms with Crippen molar-refractivity contribution in [3.05, 3.63) is 70.0 Å². The van der Waals surface area contributed by atoms with Gasteiger partial charge in [0.25, 0.3) is 5.69 Å². The number of rotatable bonds is 9. The van der Waals surface area contributed by atoms with E-state index in [1.54, 1.807) is 31.9 Å². The van der Waals surface area contributed by atoms with Crippen LogP contribution in [0.1, 0.15) is 70.8 Å². The smallest absolute Gasteiger partial charge is 0.410 e. The van der Waals surface area contributed by atoms with Gasteiger partial charge in [0.15, 0.2) is 0 Å². The fourth-order valence-corrected chi connectivity index (χ4v) is 5.99. The lowest BCUT2D eigenvalue weighted by Crippen LogP contribution is -2.44. The van der Waals surface area contributed by atoms with Crippen molar-refractivity contribution in [2.45, 2.75) is 79.6 Å². The molecule has 1 N–H and O–H groups in total. The number of benzene rings is 2. The summed E-state index contributed by atoms with van der Waals surface area (Å²) in [4.78, 5) is 50.6. The Labute approximate surface area is 287 Å². The van der Waals surface area contributed by atoms with Crippen LogP contribution in [0.3, 0.4) is 0 Å². The maximum absolute atomic E-state index is 13.1. The van der Waals surface area contributed by atoms with Crippen molar-refractivity contribution >= 4 is 46.0 Å². The highest BCUT2D eigenvalue weighted by atomic mass is 16.6. The van der Waals surface area contributed by atoms with Crippen molar-refractivity contribution in [1.82, 2.24) is 19.4 Å². The van der Waals surface area contributed by atoms with Crippen LogP contribution in [-0.2, 0) is 16.5 Å². The Kier molecular flexibility index (Phi) is 10.8. The molecule has 1 atom stereocenters. The molecule has 3 heterocycles. The first-order valence-electron chi connectivity index (χ1n) is 16.0. The number of likely N-dealkylation sites (N-methyl/N-ethyl adjacent to an activating group) is 1. The number of carbonyl (C=O) groups is 2. The summed E-state index contributed by atoms with van der Waals surface area (Å²) in [6.07, 6.45) is 4.20. The number of nitro benzene ring substituents is 1. The Hall–Kier alpha value is -5.20. The molecule has 0 unspecified atom stereocenters. The molecule has 1 aliphatic rings. The number of nitrogens with one attached hydrogen (secondary N) is 1. The summed E-state index contributed by atoms with van der Waals surface area (Å²) in [5.74, 6) is -0.386. The van der Waals surface area contributed by atoms with Crippen LogP contribution in [0.25, 0.3) is 22.2 Å². The van der Waals surface area contributed by atoms with Gasteiger partial charge in [-0.05, 0) is 72.1 Å². The van der Waals surface area contributed by atoms with E-state index in [1.807, 2.05) is 74.7 Å². The van der Waals surface area contributed by atoms with E-state index in [2.05, 4.69) is 10.3 Å². The van der Waals surface area contributed by atoms with E-state index in [1.165, 1.54) is 12.3 Å². The van der Waals surface area contributed by atoms with E-state index in [0.717, 1.165) is 34.9 Å². The van der Waals surface area contributed by atoms with Gasteiger partial charge in [-0.15, -0.1) is 0 Å². The SMILES string of the molecule is C.Cc1cc(N(C)C[C@H]2CCCN2C(=O)OC(C)(C)C)c([N+](=O)[O-])cc1Nc1ncc(C(=O)OC(C)C)c(-c2cn(C)c3ccccc23)n1. The lowest BCUT2D eigenvalue weighted by Gasteiger charge is -2.31. The van der Waals surface area contributed by atoms with E-state index < -0.39 is 16.5 Å². The molecular formula is C36H47N7O6. The summed E-state index contributed by atoms with van der Waals surface area (Å²) < 4.78 is 13.1. The summed E-state index contributed by atoms with van der Waals surface area (Å²) >= 11 is 0. The van der Waals surface area contributed by atoms with Crippen molar-refractivity contribution in [2.24, 2.45) is 7.05 Å². The topological polar surface area (TPSA) is 145 Å². The average molecular weight is 674 g/mol. The third kappa shape index (κ3) is 8.10. The third-order valence-electron chi connectivity index (χ3n) is 8.17. The second kappa shape index (κ2) is 14.5. The second-order valence-corrected chi connectivity index (χ2v) is 13.5. The Balaban J connectivity index is 0.00000541. The molecule has 2 aromatic carbocycles. The number of fused-ring (bicyclic) bond motifs is 1. The number of amides is 1. The fourth-order valence-electron chi connectivity index (χ4n) is 5.99. The van der Waals surface area contributed by atoms with Gasteiger partial charge in [-0.2, -0.15) is 0 Å². The Bertz CT molecular complexity index is 1860. The van der Waals surface area contributed by atoms with Crippen LogP contribution in [-0.4, -0.2) is 74.3 Å². The zero-order valence-corrected chi connectivity index (χ0v) is 28.7. The minimum absolute atomic E-state index is 0. The number of carbonyl (C=O) groups excluding carboxylic acids is 2. The van der Waals surface area contributed by atoms with Crippen LogP contribution in [0.2, 0.25) is 0 Å². The van der Waals surface area contributed by atoms with Gasteiger partial charge in [0.05, 0.1) is 28.5 Å². The van der Waals surface area contributed by atoms with Gasteiger partial charge in [-0.3, -0.25) is 10.1 Å². The summed E-state index contributed by atoms with van der Waals surface area (Å²) in [6, 6.07) is 10.9. The van der Waals surface area contributed by atoms with Crippen LogP contribution in [0.4, 0.5) is 27.8 Å². The van der Waals surface area contributed by atoms with Crippen molar-refractivity contribution in [1.29, 1.82) is 0 Å². The number of para-hydroxylation sites is 1. The molecule has 0 bridgehead atoms. The number of ether oxygens (including phenoxy) is 2. The number of hydrogen-bond donors (Lipinski definition) is 1. The number of hydrogen-bond acceptors (Lipinski definition) is 10. The van der Waals surface area contributed by atoms with Gasteiger partial charge in [0.1, 0.15) is 16.9 Å². The van der Waals surface area contributed by atoms with Gasteiger partial charge in [0.2, 0.25) is 5.95 Å². The number of nitrogens with zero attached hydrogens (tertiary/aromatic N) is 6. The number of esters is 1. The van der Waals surface area contributed by atoms with E-state index in [4.69, 9.17) is 14.5 Å². The van der Waals surface area contributed by atoms with Crippen LogP contribution in [0.5, 0.6) is 0 Å². The molecule has 1 aliphatic heterocycles. The van der Waals surface area contributed by atoms with E-state index in [9.17, 15) is 19.7 Å². The van der Waals surface area contributed by atoms with Gasteiger partial charge in [0, 0.05) is 62.1 Å². The van der Waals surface area contributed by atoms with E-state index in [-0.39, 0.29) is 42.9 Å². The van der Waals surface area contributed by atoms with Crippen molar-refractivity contribution in [2.75, 3.05) is 30.4 Å². The average Bonchev–Trinajstić information content (AvgIpc) is 3.61. The maximum atomic E-state index is 13.1. The first kappa shape index (κ1) is 36.6. The van der Waals surface area contributed by atoms with E-state index in [0.29, 0.717) is 30.2 Å². The number of aryl methyl sites for hydroxylation is 2. The van der Waals surface area contributed by atoms with Crippen molar-refractivity contribution < 1.29 is 24.0 Å². The molecule has 5 rings (SSSR count). The molecule has 4 aromatic rings. The van der Waals surface area contributed by atoms with Gasteiger partial charge < -0.3 is 29.2 Å². The van der Waals surface area contributed by atoms with Crippen LogP contribution in [0.15, 0.2) is 48.8 Å². The zero-order valence-electron chi connectivity index (χ0n) is 28.7. The first-order valence-corrected chi connectivity index (χ1v) is 16.0. The highest BCUT2D eigenvalue weighted by Gasteiger charge is 2.34. The Morgan fingerprint density at radius 3 is 2.59 bits per heavy atom. The molecule has 1 saturated heterocycles. The molecule has 13 nitrogen and oxygen atoms in total. The summed E-state index contributed by atoms with van der Waals surface area (Å²) in [5, 5.41) is 16.4. The molecule has 0 saturated carbocycles. The maximum Gasteiger partial charge on any atom is 0.410 e. The highest BCUT2D eigenvalue weighted by molar-refractivity contribution is 6.03. The first-order chi connectivity index (χ1) is 22.6. The summed E-state index contributed by atoms with van der Waals surface area (Å²) in [7, 11) is 3.70. The lowest BCUT2D eigenvalue weighted by atomic mass is 10.1. The molecule has 49 heavy (non-hydrogen) atoms. The molecule has 262 valence electrons. The van der Waals surface area contributed by atoms with Crippen molar-refractivity contribution in [3.8, 4) is 11.3 Å². The molecule has 2 aromatic heterocycles. The minimum Gasteiger partial charge on any atom is -0.459 e. The highest BCUT2D eigenvalue weighted by Crippen LogP contribution is 2.37. The normalized spacial score (nSPS) is 14.5.